The number of aryl methyl sites for hydroxylation is 2. The Bertz CT molecular complexity index is 923. The van der Waals surface area contributed by atoms with Gasteiger partial charge in [-0.1, -0.05) is 25.3 Å². The smallest absolute Gasteiger partial charge is 0.220 e. The SMILES string of the molecule is Cc1cccc2nc(CNC(=O)CCc3nnc(C4CCCCC4)o3)cn12. The molecule has 0 radical (unpaired) electrons. The Balaban J connectivity index is 1.27. The molecule has 7 heteroatoms. The highest BCUT2D eigenvalue weighted by Gasteiger charge is 2.21. The van der Waals surface area contributed by atoms with Crippen LogP contribution in [0, 0.1) is 6.92 Å². The molecule has 3 aromatic rings. The van der Waals surface area contributed by atoms with Crippen molar-refractivity contribution in [3.63, 3.8) is 0 Å². The van der Waals surface area contributed by atoms with E-state index >= 15 is 0 Å². The minimum atomic E-state index is -0.0406. The highest BCUT2D eigenvalue weighted by atomic mass is 16.4. The number of fused-ring (bicyclic) bond motifs is 1. The highest BCUT2D eigenvalue weighted by Crippen LogP contribution is 2.31. The van der Waals surface area contributed by atoms with Crippen molar-refractivity contribution >= 4 is 11.6 Å². The molecule has 3 aromatic heterocycles. The summed E-state index contributed by atoms with van der Waals surface area (Å²) >= 11 is 0. The zero-order valence-corrected chi connectivity index (χ0v) is 15.6. The van der Waals surface area contributed by atoms with E-state index in [9.17, 15) is 4.79 Å². The Hall–Kier alpha value is -2.70. The van der Waals surface area contributed by atoms with Gasteiger partial charge in [-0.15, -0.1) is 10.2 Å². The minimum absolute atomic E-state index is 0.0406. The lowest BCUT2D eigenvalue weighted by Crippen LogP contribution is -2.23. The number of rotatable bonds is 6. The first kappa shape index (κ1) is 17.7. The van der Waals surface area contributed by atoms with Gasteiger partial charge in [-0.3, -0.25) is 4.79 Å². The summed E-state index contributed by atoms with van der Waals surface area (Å²) in [6, 6.07) is 5.97. The van der Waals surface area contributed by atoms with Gasteiger partial charge in [0.25, 0.3) is 0 Å². The maximum Gasteiger partial charge on any atom is 0.220 e. The Morgan fingerprint density at radius 3 is 2.93 bits per heavy atom. The number of aromatic nitrogens is 4. The molecule has 4 rings (SSSR count). The van der Waals surface area contributed by atoms with E-state index in [1.807, 2.05) is 35.7 Å². The van der Waals surface area contributed by atoms with Crippen LogP contribution in [0.1, 0.15) is 67.6 Å². The maximum absolute atomic E-state index is 12.1. The van der Waals surface area contributed by atoms with Crippen LogP contribution >= 0.6 is 0 Å². The monoisotopic (exact) mass is 367 g/mol. The fraction of sp³-hybridized carbons (Fsp3) is 0.500. The Morgan fingerprint density at radius 1 is 1.26 bits per heavy atom. The van der Waals surface area contributed by atoms with Crippen LogP contribution < -0.4 is 5.32 Å². The van der Waals surface area contributed by atoms with Crippen molar-refractivity contribution in [1.82, 2.24) is 24.9 Å². The first-order valence-electron chi connectivity index (χ1n) is 9.71. The number of nitrogens with one attached hydrogen (secondary N) is 1. The molecule has 0 atom stereocenters. The van der Waals surface area contributed by atoms with Gasteiger partial charge in [-0.25, -0.2) is 4.98 Å². The van der Waals surface area contributed by atoms with Crippen molar-refractivity contribution in [2.24, 2.45) is 0 Å². The molecule has 1 aliphatic rings. The number of imidazole rings is 1. The summed E-state index contributed by atoms with van der Waals surface area (Å²) in [4.78, 5) is 16.7. The number of carbonyl (C=O) groups is 1. The molecule has 1 saturated carbocycles. The van der Waals surface area contributed by atoms with Crippen molar-refractivity contribution in [2.45, 2.75) is 64.3 Å². The standard InChI is InChI=1S/C20H25N5O2/c1-14-6-5-9-17-22-16(13-25(14)17)12-21-18(26)10-11-19-23-24-20(27-19)15-7-3-2-4-8-15/h5-6,9,13,15H,2-4,7-8,10-12H2,1H3,(H,21,26). The molecule has 1 N–H and O–H groups in total. The van der Waals surface area contributed by atoms with Gasteiger partial charge in [0.1, 0.15) is 5.65 Å². The van der Waals surface area contributed by atoms with E-state index in [2.05, 4.69) is 20.5 Å². The van der Waals surface area contributed by atoms with Crippen LogP contribution in [-0.4, -0.2) is 25.5 Å². The fourth-order valence-electron chi connectivity index (χ4n) is 3.66. The van der Waals surface area contributed by atoms with Crippen LogP contribution in [0.15, 0.2) is 28.8 Å². The van der Waals surface area contributed by atoms with Gasteiger partial charge >= 0.3 is 0 Å². The lowest BCUT2D eigenvalue weighted by atomic mass is 9.89. The summed E-state index contributed by atoms with van der Waals surface area (Å²) in [5, 5.41) is 11.2. The number of amides is 1. The first-order chi connectivity index (χ1) is 13.2. The average molecular weight is 367 g/mol. The van der Waals surface area contributed by atoms with Gasteiger partial charge in [0.2, 0.25) is 17.7 Å². The molecule has 0 bridgehead atoms. The second kappa shape index (κ2) is 7.90. The summed E-state index contributed by atoms with van der Waals surface area (Å²) in [5.41, 5.74) is 2.85. The molecule has 142 valence electrons. The van der Waals surface area contributed by atoms with Gasteiger partial charge < -0.3 is 14.1 Å². The van der Waals surface area contributed by atoms with E-state index < -0.39 is 0 Å². The molecule has 1 amide bonds. The van der Waals surface area contributed by atoms with Crippen molar-refractivity contribution in [2.75, 3.05) is 0 Å². The molecule has 0 aliphatic heterocycles. The molecule has 0 spiro atoms. The number of carbonyl (C=O) groups excluding carboxylic acids is 1. The molecular formula is C20H25N5O2. The topological polar surface area (TPSA) is 85.3 Å². The predicted octanol–water partition coefficient (Wildman–Crippen LogP) is 3.32. The Kier molecular flexibility index (Phi) is 5.18. The van der Waals surface area contributed by atoms with E-state index in [1.54, 1.807) is 0 Å². The molecule has 0 saturated heterocycles. The maximum atomic E-state index is 12.1. The molecule has 7 nitrogen and oxygen atoms in total. The third-order valence-electron chi connectivity index (χ3n) is 5.22. The van der Waals surface area contributed by atoms with Crippen LogP contribution in [0.4, 0.5) is 0 Å². The second-order valence-electron chi connectivity index (χ2n) is 7.27. The van der Waals surface area contributed by atoms with E-state index in [-0.39, 0.29) is 5.91 Å². The summed E-state index contributed by atoms with van der Waals surface area (Å²) < 4.78 is 7.79. The molecule has 3 heterocycles. The molecule has 0 unspecified atom stereocenters. The third kappa shape index (κ3) is 4.18. The van der Waals surface area contributed by atoms with Crippen LogP contribution in [0.3, 0.4) is 0 Å². The number of nitrogens with zero attached hydrogens (tertiary/aromatic N) is 4. The Labute approximate surface area is 158 Å². The molecule has 27 heavy (non-hydrogen) atoms. The molecule has 0 aromatic carbocycles. The predicted molar refractivity (Wildman–Crippen MR) is 100 cm³/mol. The van der Waals surface area contributed by atoms with Crippen molar-refractivity contribution in [3.05, 3.63) is 47.6 Å². The van der Waals surface area contributed by atoms with Crippen molar-refractivity contribution in [1.29, 1.82) is 0 Å². The van der Waals surface area contributed by atoms with E-state index in [1.165, 1.54) is 19.3 Å². The number of pyridine rings is 1. The molecule has 1 aliphatic carbocycles. The van der Waals surface area contributed by atoms with Crippen LogP contribution in [0.5, 0.6) is 0 Å². The lowest BCUT2D eigenvalue weighted by molar-refractivity contribution is -0.121. The van der Waals surface area contributed by atoms with Crippen molar-refractivity contribution < 1.29 is 9.21 Å². The van der Waals surface area contributed by atoms with Crippen LogP contribution in [-0.2, 0) is 17.8 Å². The van der Waals surface area contributed by atoms with Gasteiger partial charge in [0, 0.05) is 30.7 Å². The lowest BCUT2D eigenvalue weighted by Gasteiger charge is -2.17. The Morgan fingerprint density at radius 2 is 2.11 bits per heavy atom. The normalized spacial score (nSPS) is 15.3. The summed E-state index contributed by atoms with van der Waals surface area (Å²) in [5.74, 6) is 1.65. The van der Waals surface area contributed by atoms with Crippen LogP contribution in [0.2, 0.25) is 0 Å². The van der Waals surface area contributed by atoms with Crippen molar-refractivity contribution in [3.8, 4) is 0 Å². The van der Waals surface area contributed by atoms with Gasteiger partial charge in [-0.2, -0.15) is 0 Å². The minimum Gasteiger partial charge on any atom is -0.425 e. The molecular weight excluding hydrogens is 342 g/mol. The number of hydrogen-bond donors (Lipinski definition) is 1. The van der Waals surface area contributed by atoms with Gasteiger partial charge in [0.05, 0.1) is 12.2 Å². The quantitative estimate of drug-likeness (QED) is 0.722. The van der Waals surface area contributed by atoms with Crippen LogP contribution in [0.25, 0.3) is 5.65 Å². The fourth-order valence-corrected chi connectivity index (χ4v) is 3.66. The third-order valence-corrected chi connectivity index (χ3v) is 5.22. The van der Waals surface area contributed by atoms with E-state index in [4.69, 9.17) is 4.42 Å². The largest absolute Gasteiger partial charge is 0.425 e. The van der Waals surface area contributed by atoms with E-state index in [0.717, 1.165) is 35.8 Å². The van der Waals surface area contributed by atoms with E-state index in [0.29, 0.717) is 31.2 Å². The zero-order valence-electron chi connectivity index (χ0n) is 15.6. The first-order valence-corrected chi connectivity index (χ1v) is 9.71. The van der Waals surface area contributed by atoms with Gasteiger partial charge in [-0.05, 0) is 31.9 Å². The summed E-state index contributed by atoms with van der Waals surface area (Å²) in [6.45, 7) is 2.44. The highest BCUT2D eigenvalue weighted by molar-refractivity contribution is 5.75. The second-order valence-corrected chi connectivity index (χ2v) is 7.27. The summed E-state index contributed by atoms with van der Waals surface area (Å²) in [7, 11) is 0. The van der Waals surface area contributed by atoms with Gasteiger partial charge in [0.15, 0.2) is 0 Å². The summed E-state index contributed by atoms with van der Waals surface area (Å²) in [6.07, 6.45) is 8.76. The molecule has 1 fully saturated rings. The zero-order chi connectivity index (χ0) is 18.6. The average Bonchev–Trinajstić information content (AvgIpc) is 3.33. The number of hydrogen-bond acceptors (Lipinski definition) is 5.